The van der Waals surface area contributed by atoms with Gasteiger partial charge >= 0.3 is 6.18 Å². The summed E-state index contributed by atoms with van der Waals surface area (Å²) in [4.78, 5) is 12.5. The largest absolute Gasteiger partial charge is 0.418 e. The third-order valence-electron chi connectivity index (χ3n) is 5.03. The number of halogens is 4. The summed E-state index contributed by atoms with van der Waals surface area (Å²) in [5.74, 6) is 0. The van der Waals surface area contributed by atoms with Gasteiger partial charge in [0, 0.05) is 30.9 Å². The van der Waals surface area contributed by atoms with Gasteiger partial charge in [-0.05, 0) is 32.8 Å². The molecule has 1 atom stereocenters. The first-order valence-corrected chi connectivity index (χ1v) is 8.72. The number of aromatic nitrogens is 2. The molecule has 2 heterocycles. The molecule has 1 aliphatic rings. The molecule has 1 aliphatic heterocycles. The van der Waals surface area contributed by atoms with Gasteiger partial charge in [0.05, 0.1) is 27.2 Å². The van der Waals surface area contributed by atoms with E-state index >= 15 is 0 Å². The zero-order chi connectivity index (χ0) is 20.1. The monoisotopic (exact) mass is 402 g/mol. The van der Waals surface area contributed by atoms with Crippen LogP contribution in [0.5, 0.6) is 0 Å². The van der Waals surface area contributed by atoms with Crippen LogP contribution in [0.3, 0.4) is 0 Å². The van der Waals surface area contributed by atoms with Gasteiger partial charge in [0.25, 0.3) is 5.69 Å². The number of hydrogen-bond acceptors (Lipinski definition) is 4. The van der Waals surface area contributed by atoms with Crippen molar-refractivity contribution < 1.29 is 18.1 Å². The maximum atomic E-state index is 13.1. The minimum Gasteiger partial charge on any atom is -0.359 e. The molecule has 0 saturated carbocycles. The lowest BCUT2D eigenvalue weighted by Crippen LogP contribution is -2.25. The van der Waals surface area contributed by atoms with Crippen molar-refractivity contribution in [3.63, 3.8) is 0 Å². The normalized spacial score (nSPS) is 17.6. The Balaban J connectivity index is 2.14. The molecule has 1 aromatic carbocycles. The Morgan fingerprint density at radius 2 is 2.00 bits per heavy atom. The summed E-state index contributed by atoms with van der Waals surface area (Å²) in [7, 11) is 1.81. The lowest BCUT2D eigenvalue weighted by Gasteiger charge is -2.27. The molecule has 6 nitrogen and oxygen atoms in total. The Morgan fingerprint density at radius 3 is 2.52 bits per heavy atom. The topological polar surface area (TPSA) is 64.2 Å². The highest BCUT2D eigenvalue weighted by molar-refractivity contribution is 6.31. The second kappa shape index (κ2) is 6.70. The number of nitro groups is 1. The van der Waals surface area contributed by atoms with Crippen LogP contribution in [-0.2, 0) is 13.2 Å². The molecule has 0 aliphatic carbocycles. The van der Waals surface area contributed by atoms with Gasteiger partial charge in [-0.2, -0.15) is 18.3 Å². The second-order valence-corrected chi connectivity index (χ2v) is 7.04. The van der Waals surface area contributed by atoms with Gasteiger partial charge in [0.1, 0.15) is 5.69 Å². The first kappa shape index (κ1) is 19.5. The van der Waals surface area contributed by atoms with Crippen LogP contribution in [0.4, 0.5) is 24.5 Å². The molecule has 1 fully saturated rings. The van der Waals surface area contributed by atoms with E-state index < -0.39 is 27.4 Å². The number of alkyl halides is 3. The van der Waals surface area contributed by atoms with E-state index in [2.05, 4.69) is 5.10 Å². The smallest absolute Gasteiger partial charge is 0.359 e. The van der Waals surface area contributed by atoms with E-state index in [0.717, 1.165) is 35.9 Å². The number of benzene rings is 1. The average Bonchev–Trinajstić information content (AvgIpc) is 3.10. The number of hydrogen-bond donors (Lipinski definition) is 0. The summed E-state index contributed by atoms with van der Waals surface area (Å²) in [6.45, 7) is 4.24. The Kier molecular flexibility index (Phi) is 4.83. The SMILES string of the molecule is Cc1nn(C)c(C)c1C1CCCN1c1cc(Cl)c(C(F)(F)F)cc1[N+](=O)[O-]. The van der Waals surface area contributed by atoms with Crippen molar-refractivity contribution in [1.29, 1.82) is 0 Å². The fourth-order valence-electron chi connectivity index (χ4n) is 3.77. The van der Waals surface area contributed by atoms with Crippen molar-refractivity contribution >= 4 is 23.0 Å². The van der Waals surface area contributed by atoms with E-state index in [1.807, 2.05) is 20.9 Å². The first-order chi connectivity index (χ1) is 12.5. The van der Waals surface area contributed by atoms with E-state index in [1.165, 1.54) is 0 Å². The Morgan fingerprint density at radius 1 is 1.33 bits per heavy atom. The molecule has 1 saturated heterocycles. The first-order valence-electron chi connectivity index (χ1n) is 8.34. The summed E-state index contributed by atoms with van der Waals surface area (Å²) in [6.07, 6.45) is -3.28. The summed E-state index contributed by atoms with van der Waals surface area (Å²) in [5.41, 5.74) is 0.961. The van der Waals surface area contributed by atoms with Gasteiger partial charge in [-0.25, -0.2) is 0 Å². The maximum absolute atomic E-state index is 13.1. The second-order valence-electron chi connectivity index (χ2n) is 6.64. The molecule has 27 heavy (non-hydrogen) atoms. The third-order valence-corrected chi connectivity index (χ3v) is 5.34. The Bertz CT molecular complexity index is 911. The van der Waals surface area contributed by atoms with Gasteiger partial charge in [-0.1, -0.05) is 11.6 Å². The molecule has 0 bridgehead atoms. The minimum absolute atomic E-state index is 0.100. The summed E-state index contributed by atoms with van der Waals surface area (Å²) in [6, 6.07) is 1.38. The summed E-state index contributed by atoms with van der Waals surface area (Å²) in [5, 5.41) is 15.3. The van der Waals surface area contributed by atoms with Crippen LogP contribution in [0.15, 0.2) is 12.1 Å². The minimum atomic E-state index is -4.76. The van der Waals surface area contributed by atoms with Crippen LogP contribution >= 0.6 is 11.6 Å². The molecular formula is C17H18ClF3N4O2. The molecule has 0 N–H and O–H groups in total. The number of nitrogens with zero attached hydrogens (tertiary/aromatic N) is 4. The lowest BCUT2D eigenvalue weighted by molar-refractivity contribution is -0.384. The number of rotatable bonds is 3. The molecule has 0 radical (unpaired) electrons. The molecule has 3 rings (SSSR count). The fourth-order valence-corrected chi connectivity index (χ4v) is 4.04. The van der Waals surface area contributed by atoms with Gasteiger partial charge < -0.3 is 4.90 Å². The van der Waals surface area contributed by atoms with Crippen molar-refractivity contribution in [2.75, 3.05) is 11.4 Å². The molecule has 10 heteroatoms. The highest BCUT2D eigenvalue weighted by atomic mass is 35.5. The van der Waals surface area contributed by atoms with Crippen molar-refractivity contribution in [2.45, 2.75) is 38.9 Å². The van der Waals surface area contributed by atoms with Crippen LogP contribution in [-0.4, -0.2) is 21.2 Å². The maximum Gasteiger partial charge on any atom is 0.418 e. The average molecular weight is 403 g/mol. The van der Waals surface area contributed by atoms with Crippen molar-refractivity contribution in [3.8, 4) is 0 Å². The van der Waals surface area contributed by atoms with Gasteiger partial charge in [-0.3, -0.25) is 14.8 Å². The zero-order valence-corrected chi connectivity index (χ0v) is 15.7. The predicted octanol–water partition coefficient (Wildman–Crippen LogP) is 4.96. The quantitative estimate of drug-likeness (QED) is 0.537. The zero-order valence-electron chi connectivity index (χ0n) is 15.0. The Labute approximate surface area is 158 Å². The van der Waals surface area contributed by atoms with E-state index in [0.29, 0.717) is 12.6 Å². The molecule has 0 amide bonds. The van der Waals surface area contributed by atoms with E-state index in [1.54, 1.807) is 9.58 Å². The van der Waals surface area contributed by atoms with Crippen molar-refractivity contribution in [1.82, 2.24) is 9.78 Å². The summed E-state index contributed by atoms with van der Waals surface area (Å²) < 4.78 is 41.1. The lowest BCUT2D eigenvalue weighted by atomic mass is 10.0. The fraction of sp³-hybridized carbons (Fsp3) is 0.471. The van der Waals surface area contributed by atoms with Gasteiger partial charge in [0.15, 0.2) is 0 Å². The Hall–Kier alpha value is -2.29. The third kappa shape index (κ3) is 3.36. The molecule has 1 unspecified atom stereocenters. The number of anilines is 1. The molecule has 2 aromatic rings. The van der Waals surface area contributed by atoms with Crippen LogP contribution < -0.4 is 4.90 Å². The van der Waals surface area contributed by atoms with Gasteiger partial charge in [-0.15, -0.1) is 0 Å². The summed E-state index contributed by atoms with van der Waals surface area (Å²) >= 11 is 5.84. The van der Waals surface area contributed by atoms with Gasteiger partial charge in [0.2, 0.25) is 0 Å². The van der Waals surface area contributed by atoms with Crippen LogP contribution in [0.1, 0.15) is 41.4 Å². The van der Waals surface area contributed by atoms with E-state index in [-0.39, 0.29) is 11.7 Å². The molecular weight excluding hydrogens is 385 g/mol. The highest BCUT2D eigenvalue weighted by Crippen LogP contribution is 2.46. The standard InChI is InChI=1S/C17H18ClF3N4O2/c1-9-16(10(2)23(3)22-9)13-5-4-6-24(13)14-8-12(18)11(17(19,20)21)7-15(14)25(26)27/h7-8,13H,4-6H2,1-3H3. The van der Waals surface area contributed by atoms with Crippen LogP contribution in [0.2, 0.25) is 5.02 Å². The van der Waals surface area contributed by atoms with E-state index in [4.69, 9.17) is 11.6 Å². The van der Waals surface area contributed by atoms with E-state index in [9.17, 15) is 23.3 Å². The molecule has 1 aromatic heterocycles. The number of nitro benzene ring substituents is 1. The van der Waals surface area contributed by atoms with Crippen LogP contribution in [0, 0.1) is 24.0 Å². The molecule has 146 valence electrons. The molecule has 0 spiro atoms. The predicted molar refractivity (Wildman–Crippen MR) is 95.1 cm³/mol. The number of aryl methyl sites for hydroxylation is 2. The van der Waals surface area contributed by atoms with Crippen LogP contribution in [0.25, 0.3) is 0 Å². The van der Waals surface area contributed by atoms with Crippen molar-refractivity contribution in [3.05, 3.63) is 49.8 Å². The highest BCUT2D eigenvalue weighted by Gasteiger charge is 2.39. The van der Waals surface area contributed by atoms with Crippen molar-refractivity contribution in [2.24, 2.45) is 7.05 Å².